The number of halogens is 1. The average molecular weight is 504 g/mol. The van der Waals surface area contributed by atoms with Gasteiger partial charge in [-0.25, -0.2) is 9.07 Å². The zero-order chi connectivity index (χ0) is 26.6. The number of aryl methyl sites for hydroxylation is 1. The molecule has 2 aliphatic rings. The molecule has 188 valence electrons. The summed E-state index contributed by atoms with van der Waals surface area (Å²) in [6.07, 6.45) is 4.98. The summed E-state index contributed by atoms with van der Waals surface area (Å²) >= 11 is 0. The third kappa shape index (κ3) is 3.59. The predicted molar refractivity (Wildman–Crippen MR) is 142 cm³/mol. The molecule has 7 heteroatoms. The SMILES string of the molecule is Cc1cc(-c2ccc(-n3nc(-c4ccccc4F)c4c3[C@]3(C)C=C(C#N)C(=O)[C@H](C)[C@H]3CC4)cc2)cnn1. The molecule has 0 amide bonds. The van der Waals surface area contributed by atoms with E-state index in [-0.39, 0.29) is 29.0 Å². The Morgan fingerprint density at radius 3 is 2.61 bits per heavy atom. The van der Waals surface area contributed by atoms with Gasteiger partial charge in [-0.3, -0.25) is 4.79 Å². The van der Waals surface area contributed by atoms with Gasteiger partial charge in [0.15, 0.2) is 5.78 Å². The molecule has 0 spiro atoms. The van der Waals surface area contributed by atoms with Gasteiger partial charge in [0.1, 0.15) is 11.9 Å². The van der Waals surface area contributed by atoms with Crippen LogP contribution in [0.25, 0.3) is 28.1 Å². The first kappa shape index (κ1) is 23.9. The molecule has 2 aromatic carbocycles. The number of Topliss-reactive ketones (excluding diaryl/α,β-unsaturated/α-hetero) is 1. The molecule has 0 bridgehead atoms. The second kappa shape index (κ2) is 8.84. The molecule has 4 aromatic rings. The van der Waals surface area contributed by atoms with E-state index in [1.807, 2.05) is 61.0 Å². The Bertz CT molecular complexity index is 1660. The third-order valence-corrected chi connectivity index (χ3v) is 8.17. The molecular weight excluding hydrogens is 477 g/mol. The monoisotopic (exact) mass is 503 g/mol. The fraction of sp³-hybridized carbons (Fsp3) is 0.258. The van der Waals surface area contributed by atoms with Gasteiger partial charge in [-0.1, -0.05) is 44.2 Å². The molecule has 2 aromatic heterocycles. The van der Waals surface area contributed by atoms with Gasteiger partial charge in [-0.2, -0.15) is 20.6 Å². The third-order valence-electron chi connectivity index (χ3n) is 8.17. The smallest absolute Gasteiger partial charge is 0.176 e. The van der Waals surface area contributed by atoms with E-state index >= 15 is 4.39 Å². The van der Waals surface area contributed by atoms with E-state index in [0.29, 0.717) is 17.7 Å². The topological polar surface area (TPSA) is 84.5 Å². The highest BCUT2D eigenvalue weighted by atomic mass is 19.1. The van der Waals surface area contributed by atoms with Crippen LogP contribution in [0.2, 0.25) is 0 Å². The Morgan fingerprint density at radius 1 is 1.13 bits per heavy atom. The van der Waals surface area contributed by atoms with E-state index in [2.05, 4.69) is 23.2 Å². The zero-order valence-electron chi connectivity index (χ0n) is 21.4. The van der Waals surface area contributed by atoms with E-state index in [1.54, 1.807) is 18.3 Å². The maximum atomic E-state index is 15.0. The molecule has 6 nitrogen and oxygen atoms in total. The van der Waals surface area contributed by atoms with Crippen LogP contribution >= 0.6 is 0 Å². The maximum absolute atomic E-state index is 15.0. The quantitative estimate of drug-likeness (QED) is 0.346. The summed E-state index contributed by atoms with van der Waals surface area (Å²) in [6, 6.07) is 18.8. The summed E-state index contributed by atoms with van der Waals surface area (Å²) in [5.41, 5.74) is 6.10. The molecule has 38 heavy (non-hydrogen) atoms. The van der Waals surface area contributed by atoms with Crippen LogP contribution in [0, 0.1) is 35.9 Å². The summed E-state index contributed by atoms with van der Waals surface area (Å²) < 4.78 is 16.9. The van der Waals surface area contributed by atoms with E-state index in [4.69, 9.17) is 5.10 Å². The van der Waals surface area contributed by atoms with Crippen molar-refractivity contribution < 1.29 is 9.18 Å². The van der Waals surface area contributed by atoms with Crippen molar-refractivity contribution in [3.05, 3.63) is 95.2 Å². The normalized spacial score (nSPS) is 22.3. The number of hydrogen-bond acceptors (Lipinski definition) is 5. The Kier molecular flexibility index (Phi) is 5.57. The first-order valence-corrected chi connectivity index (χ1v) is 12.8. The summed E-state index contributed by atoms with van der Waals surface area (Å²) in [4.78, 5) is 12.9. The lowest BCUT2D eigenvalue weighted by Gasteiger charge is -2.45. The van der Waals surface area contributed by atoms with Crippen molar-refractivity contribution in [3.63, 3.8) is 0 Å². The summed E-state index contributed by atoms with van der Waals surface area (Å²) in [5, 5.41) is 22.9. The second-order valence-electron chi connectivity index (χ2n) is 10.5. The van der Waals surface area contributed by atoms with Crippen LogP contribution in [0.5, 0.6) is 0 Å². The minimum atomic E-state index is -0.618. The molecule has 0 saturated heterocycles. The number of aromatic nitrogens is 4. The standard InChI is InChI=1S/C31H26FN5O/c1-18-14-21(17-34-35-18)20-8-10-23(11-9-20)37-30-25(28(36-37)24-6-4-5-7-27(24)32)12-13-26-19(2)29(38)22(16-33)15-31(26,30)3/h4-11,14-15,17,19,26H,12-13H2,1-3H3/t19-,26-,31-/m1/s1. The number of ketones is 1. The fourth-order valence-electron chi connectivity index (χ4n) is 6.33. The number of rotatable bonds is 3. The highest BCUT2D eigenvalue weighted by molar-refractivity contribution is 6.02. The number of nitriles is 1. The molecule has 0 unspecified atom stereocenters. The zero-order valence-corrected chi connectivity index (χ0v) is 21.4. The van der Waals surface area contributed by atoms with Crippen LogP contribution in [0.4, 0.5) is 4.39 Å². The molecule has 2 aliphatic carbocycles. The van der Waals surface area contributed by atoms with Crippen LogP contribution in [-0.2, 0) is 16.6 Å². The van der Waals surface area contributed by atoms with Crippen LogP contribution < -0.4 is 0 Å². The van der Waals surface area contributed by atoms with Crippen molar-refractivity contribution >= 4 is 5.78 Å². The summed E-state index contributed by atoms with van der Waals surface area (Å²) in [5.74, 6) is -0.723. The maximum Gasteiger partial charge on any atom is 0.176 e. The van der Waals surface area contributed by atoms with Crippen LogP contribution in [0.3, 0.4) is 0 Å². The molecule has 6 rings (SSSR count). The van der Waals surface area contributed by atoms with Crippen molar-refractivity contribution in [2.45, 2.75) is 39.0 Å². The van der Waals surface area contributed by atoms with Crippen LogP contribution in [0.15, 0.2) is 72.4 Å². The van der Waals surface area contributed by atoms with Crippen molar-refractivity contribution in [3.8, 4) is 34.1 Å². The number of benzene rings is 2. The van der Waals surface area contributed by atoms with Gasteiger partial charge in [0.05, 0.1) is 34.5 Å². The molecule has 2 heterocycles. The van der Waals surface area contributed by atoms with E-state index in [0.717, 1.165) is 40.2 Å². The lowest BCUT2D eigenvalue weighted by Crippen LogP contribution is -2.46. The molecule has 0 radical (unpaired) electrons. The van der Waals surface area contributed by atoms with Gasteiger partial charge in [0.25, 0.3) is 0 Å². The van der Waals surface area contributed by atoms with Gasteiger partial charge >= 0.3 is 0 Å². The van der Waals surface area contributed by atoms with Gasteiger partial charge < -0.3 is 0 Å². The first-order chi connectivity index (χ1) is 18.3. The molecule has 3 atom stereocenters. The Hall–Kier alpha value is -4.44. The predicted octanol–water partition coefficient (Wildman–Crippen LogP) is 5.93. The number of allylic oxidation sites excluding steroid dienone is 2. The molecular formula is C31H26FN5O. The van der Waals surface area contributed by atoms with E-state index in [9.17, 15) is 10.1 Å². The lowest BCUT2D eigenvalue weighted by molar-refractivity contribution is -0.121. The summed E-state index contributed by atoms with van der Waals surface area (Å²) in [7, 11) is 0. The second-order valence-corrected chi connectivity index (χ2v) is 10.5. The molecule has 0 N–H and O–H groups in total. The molecule has 0 fully saturated rings. The Balaban J connectivity index is 1.58. The fourth-order valence-corrected chi connectivity index (χ4v) is 6.33. The van der Waals surface area contributed by atoms with Gasteiger partial charge in [-0.05, 0) is 61.6 Å². The van der Waals surface area contributed by atoms with Gasteiger partial charge in [-0.15, -0.1) is 0 Å². The Labute approximate surface area is 220 Å². The van der Waals surface area contributed by atoms with Crippen molar-refractivity contribution in [1.29, 1.82) is 5.26 Å². The Morgan fingerprint density at radius 2 is 1.89 bits per heavy atom. The van der Waals surface area contributed by atoms with Crippen molar-refractivity contribution in [2.75, 3.05) is 0 Å². The number of nitrogens with zero attached hydrogens (tertiary/aromatic N) is 5. The minimum absolute atomic E-state index is 0.00802. The number of carbonyl (C=O) groups is 1. The molecule has 0 saturated carbocycles. The minimum Gasteiger partial charge on any atom is -0.293 e. The highest BCUT2D eigenvalue weighted by Gasteiger charge is 2.50. The van der Waals surface area contributed by atoms with Gasteiger partial charge in [0, 0.05) is 28.0 Å². The largest absolute Gasteiger partial charge is 0.293 e. The average Bonchev–Trinajstić information content (AvgIpc) is 3.32. The van der Waals surface area contributed by atoms with Crippen molar-refractivity contribution in [1.82, 2.24) is 20.0 Å². The van der Waals surface area contributed by atoms with E-state index in [1.165, 1.54) is 6.07 Å². The van der Waals surface area contributed by atoms with Crippen LogP contribution in [0.1, 0.15) is 37.2 Å². The summed E-state index contributed by atoms with van der Waals surface area (Å²) in [6.45, 7) is 5.90. The highest BCUT2D eigenvalue weighted by Crippen LogP contribution is 2.52. The molecule has 0 aliphatic heterocycles. The number of carbonyl (C=O) groups excluding carboxylic acids is 1. The first-order valence-electron chi connectivity index (χ1n) is 12.8. The number of hydrogen-bond donors (Lipinski definition) is 0. The van der Waals surface area contributed by atoms with Crippen LogP contribution in [-0.4, -0.2) is 25.8 Å². The van der Waals surface area contributed by atoms with E-state index < -0.39 is 5.41 Å². The van der Waals surface area contributed by atoms with Crippen molar-refractivity contribution in [2.24, 2.45) is 11.8 Å². The lowest BCUT2D eigenvalue weighted by atomic mass is 9.57. The van der Waals surface area contributed by atoms with Gasteiger partial charge in [0.2, 0.25) is 0 Å². The number of fused-ring (bicyclic) bond motifs is 3.